The van der Waals surface area contributed by atoms with Gasteiger partial charge in [0.05, 0.1) is 21.6 Å². The van der Waals surface area contributed by atoms with Crippen molar-refractivity contribution in [3.63, 3.8) is 0 Å². The van der Waals surface area contributed by atoms with Gasteiger partial charge in [-0.1, -0.05) is 6.92 Å². The van der Waals surface area contributed by atoms with Gasteiger partial charge in [-0.05, 0) is 23.9 Å². The van der Waals surface area contributed by atoms with Gasteiger partial charge < -0.3 is 9.13 Å². The minimum absolute atomic E-state index is 0.979. The normalized spacial score (nSPS) is 11.5. The van der Waals surface area contributed by atoms with E-state index in [1.54, 1.807) is 11.3 Å². The van der Waals surface area contributed by atoms with Gasteiger partial charge in [0, 0.05) is 20.3 Å². The fourth-order valence-corrected chi connectivity index (χ4v) is 3.05. The second-order valence-corrected chi connectivity index (χ2v) is 5.23. The first-order valence-corrected chi connectivity index (χ1v) is 6.64. The summed E-state index contributed by atoms with van der Waals surface area (Å²) in [5.74, 6) is 1.05. The summed E-state index contributed by atoms with van der Waals surface area (Å²) in [6.07, 6.45) is 3.09. The van der Waals surface area contributed by atoms with E-state index in [4.69, 9.17) is 0 Å². The van der Waals surface area contributed by atoms with E-state index < -0.39 is 0 Å². The van der Waals surface area contributed by atoms with Crippen LogP contribution in [-0.4, -0.2) is 14.1 Å². The Morgan fingerprint density at radius 1 is 1.35 bits per heavy atom. The molecule has 0 saturated carbocycles. The zero-order valence-corrected chi connectivity index (χ0v) is 11.1. The SMILES string of the molecule is CCc1cn(C)c(-c2cc3sccc3n2C)n1. The zero-order chi connectivity index (χ0) is 12.0. The van der Waals surface area contributed by atoms with Gasteiger partial charge in [0.2, 0.25) is 0 Å². The van der Waals surface area contributed by atoms with Gasteiger partial charge in [-0.25, -0.2) is 4.98 Å². The van der Waals surface area contributed by atoms with Gasteiger partial charge in [0.1, 0.15) is 0 Å². The summed E-state index contributed by atoms with van der Waals surface area (Å²) < 4.78 is 5.65. The average molecular weight is 245 g/mol. The monoisotopic (exact) mass is 245 g/mol. The molecule has 0 atom stereocenters. The molecule has 0 saturated heterocycles. The van der Waals surface area contributed by atoms with Crippen molar-refractivity contribution in [3.05, 3.63) is 29.4 Å². The smallest absolute Gasteiger partial charge is 0.156 e. The maximum Gasteiger partial charge on any atom is 0.156 e. The van der Waals surface area contributed by atoms with Gasteiger partial charge in [0.15, 0.2) is 5.82 Å². The van der Waals surface area contributed by atoms with Gasteiger partial charge >= 0.3 is 0 Å². The van der Waals surface area contributed by atoms with E-state index in [1.165, 1.54) is 15.9 Å². The second kappa shape index (κ2) is 3.74. The number of fused-ring (bicyclic) bond motifs is 1. The molecule has 3 rings (SSSR count). The van der Waals surface area contributed by atoms with E-state index in [1.807, 2.05) is 0 Å². The molecule has 0 N–H and O–H groups in total. The number of thiophene rings is 1. The van der Waals surface area contributed by atoms with Crippen LogP contribution in [0.25, 0.3) is 21.7 Å². The first-order chi connectivity index (χ1) is 8.20. The molecule has 3 aromatic heterocycles. The van der Waals surface area contributed by atoms with Crippen LogP contribution in [0.3, 0.4) is 0 Å². The number of hydrogen-bond donors (Lipinski definition) is 0. The van der Waals surface area contributed by atoms with Crippen LogP contribution in [0.4, 0.5) is 0 Å². The third-order valence-corrected chi connectivity index (χ3v) is 4.03. The molecule has 0 aliphatic rings. The number of hydrogen-bond acceptors (Lipinski definition) is 2. The molecule has 0 fully saturated rings. The van der Waals surface area contributed by atoms with Crippen molar-refractivity contribution in [2.24, 2.45) is 14.1 Å². The Bertz CT molecular complexity index is 672. The standard InChI is InChI=1S/C13H15N3S/c1-4-9-8-15(2)13(14-9)11-7-12-10(16(11)3)5-6-17-12/h5-8H,4H2,1-3H3. The lowest BCUT2D eigenvalue weighted by Gasteiger charge is -2.03. The van der Waals surface area contributed by atoms with Crippen molar-refractivity contribution in [3.8, 4) is 11.5 Å². The molecule has 0 unspecified atom stereocenters. The third-order valence-electron chi connectivity index (χ3n) is 3.18. The number of nitrogens with zero attached hydrogens (tertiary/aromatic N) is 3. The fraction of sp³-hybridized carbons (Fsp3) is 0.308. The van der Waals surface area contributed by atoms with E-state index in [-0.39, 0.29) is 0 Å². The molecule has 17 heavy (non-hydrogen) atoms. The second-order valence-electron chi connectivity index (χ2n) is 4.28. The van der Waals surface area contributed by atoms with Gasteiger partial charge in [-0.2, -0.15) is 0 Å². The first kappa shape index (κ1) is 10.6. The van der Waals surface area contributed by atoms with Crippen LogP contribution in [0.5, 0.6) is 0 Å². The highest BCUT2D eigenvalue weighted by Crippen LogP contribution is 2.29. The quantitative estimate of drug-likeness (QED) is 0.680. The number of rotatable bonds is 2. The highest BCUT2D eigenvalue weighted by molar-refractivity contribution is 7.17. The van der Waals surface area contributed by atoms with E-state index in [2.05, 4.69) is 58.8 Å². The Morgan fingerprint density at radius 2 is 2.18 bits per heavy atom. The molecule has 0 bridgehead atoms. The molecule has 0 spiro atoms. The summed E-state index contributed by atoms with van der Waals surface area (Å²) in [6, 6.07) is 4.38. The molecule has 3 nitrogen and oxygen atoms in total. The van der Waals surface area contributed by atoms with Gasteiger partial charge in [-0.3, -0.25) is 0 Å². The van der Waals surface area contributed by atoms with Crippen LogP contribution >= 0.6 is 11.3 Å². The molecule has 0 aliphatic heterocycles. The van der Waals surface area contributed by atoms with Crippen LogP contribution in [-0.2, 0) is 20.5 Å². The molecule has 88 valence electrons. The largest absolute Gasteiger partial charge is 0.340 e. The summed E-state index contributed by atoms with van der Waals surface area (Å²) in [5, 5.41) is 2.13. The Hall–Kier alpha value is -1.55. The van der Waals surface area contributed by atoms with Crippen molar-refractivity contribution in [2.45, 2.75) is 13.3 Å². The summed E-state index contributed by atoms with van der Waals surface area (Å²) >= 11 is 1.78. The molecule has 0 aromatic carbocycles. The fourth-order valence-electron chi connectivity index (χ4n) is 2.20. The lowest BCUT2D eigenvalue weighted by Crippen LogP contribution is -1.97. The summed E-state index contributed by atoms with van der Waals surface area (Å²) in [7, 11) is 4.16. The maximum atomic E-state index is 4.68. The predicted molar refractivity (Wildman–Crippen MR) is 72.4 cm³/mol. The Balaban J connectivity index is 2.22. The predicted octanol–water partition coefficient (Wildman–Crippen LogP) is 3.20. The number of aryl methyl sites for hydroxylation is 3. The summed E-state index contributed by atoms with van der Waals surface area (Å²) in [6.45, 7) is 2.13. The van der Waals surface area contributed by atoms with Gasteiger partial charge in [-0.15, -0.1) is 11.3 Å². The zero-order valence-electron chi connectivity index (χ0n) is 10.3. The molecular formula is C13H15N3S. The lowest BCUT2D eigenvalue weighted by atomic mass is 10.4. The highest BCUT2D eigenvalue weighted by atomic mass is 32.1. The molecule has 0 aliphatic carbocycles. The van der Waals surface area contributed by atoms with Crippen LogP contribution in [0, 0.1) is 0 Å². The Labute approximate surface area is 104 Å². The van der Waals surface area contributed by atoms with Crippen molar-refractivity contribution in [1.82, 2.24) is 14.1 Å². The van der Waals surface area contributed by atoms with Crippen LogP contribution in [0.15, 0.2) is 23.7 Å². The molecule has 4 heteroatoms. The number of aromatic nitrogens is 3. The third kappa shape index (κ3) is 1.52. The van der Waals surface area contributed by atoms with Crippen molar-refractivity contribution in [1.29, 1.82) is 0 Å². The van der Waals surface area contributed by atoms with Crippen LogP contribution in [0.1, 0.15) is 12.6 Å². The molecule has 3 heterocycles. The molecule has 0 amide bonds. The van der Waals surface area contributed by atoms with Crippen LogP contribution < -0.4 is 0 Å². The van der Waals surface area contributed by atoms with E-state index in [9.17, 15) is 0 Å². The number of imidazole rings is 1. The lowest BCUT2D eigenvalue weighted by molar-refractivity contribution is 0.887. The Kier molecular flexibility index (Phi) is 2.33. The average Bonchev–Trinajstić information content (AvgIpc) is 2.96. The molecular weight excluding hydrogens is 230 g/mol. The van der Waals surface area contributed by atoms with E-state index in [0.29, 0.717) is 0 Å². The van der Waals surface area contributed by atoms with Gasteiger partial charge in [0.25, 0.3) is 0 Å². The maximum absolute atomic E-state index is 4.68. The molecule has 3 aromatic rings. The molecule has 0 radical (unpaired) electrons. The highest BCUT2D eigenvalue weighted by Gasteiger charge is 2.13. The van der Waals surface area contributed by atoms with Crippen molar-refractivity contribution in [2.75, 3.05) is 0 Å². The minimum atomic E-state index is 0.979. The first-order valence-electron chi connectivity index (χ1n) is 5.76. The summed E-state index contributed by atoms with van der Waals surface area (Å²) in [5.41, 5.74) is 3.62. The van der Waals surface area contributed by atoms with Crippen molar-refractivity contribution >= 4 is 21.6 Å². The minimum Gasteiger partial charge on any atom is -0.340 e. The Morgan fingerprint density at radius 3 is 2.82 bits per heavy atom. The topological polar surface area (TPSA) is 22.8 Å². The van der Waals surface area contributed by atoms with Crippen molar-refractivity contribution < 1.29 is 0 Å². The van der Waals surface area contributed by atoms with E-state index in [0.717, 1.165) is 17.9 Å². The van der Waals surface area contributed by atoms with E-state index >= 15 is 0 Å². The summed E-state index contributed by atoms with van der Waals surface area (Å²) in [4.78, 5) is 4.68. The van der Waals surface area contributed by atoms with Crippen LogP contribution in [0.2, 0.25) is 0 Å².